The van der Waals surface area contributed by atoms with Crippen molar-refractivity contribution in [3.05, 3.63) is 94.1 Å². The minimum atomic E-state index is -2.86. The maximum absolute atomic E-state index is 4.13. The van der Waals surface area contributed by atoms with Crippen LogP contribution in [0.5, 0.6) is 0 Å². The van der Waals surface area contributed by atoms with Crippen LogP contribution < -0.4 is 67.5 Å². The average molecular weight is 705 g/mol. The van der Waals surface area contributed by atoms with Gasteiger partial charge in [-0.05, 0) is 89.4 Å². The quantitative estimate of drug-likeness (QED) is 0.149. The van der Waals surface area contributed by atoms with Gasteiger partial charge in [-0.1, -0.05) is 44.0 Å². The summed E-state index contributed by atoms with van der Waals surface area (Å²) < 4.78 is 0. The van der Waals surface area contributed by atoms with Crippen molar-refractivity contribution in [3.63, 3.8) is 0 Å². The summed E-state index contributed by atoms with van der Waals surface area (Å²) in [7, 11) is 10.0. The molecule has 236 valence electrons. The summed E-state index contributed by atoms with van der Waals surface area (Å²) in [6, 6.07) is 21.7. The van der Waals surface area contributed by atoms with Gasteiger partial charge >= 0.3 is 21.7 Å². The van der Waals surface area contributed by atoms with E-state index in [1.54, 1.807) is 0 Å². The summed E-state index contributed by atoms with van der Waals surface area (Å²) in [5.74, 6) is 0. The van der Waals surface area contributed by atoms with Gasteiger partial charge in [-0.3, -0.25) is 6.08 Å². The molecule has 1 unspecified atom stereocenters. The van der Waals surface area contributed by atoms with E-state index in [1.807, 2.05) is 0 Å². The molecule has 0 saturated carbocycles. The Morgan fingerprint density at radius 2 is 0.818 bits per heavy atom. The first-order chi connectivity index (χ1) is 18.6. The number of hydrogen-bond acceptors (Lipinski definition) is 3. The van der Waals surface area contributed by atoms with E-state index in [0.717, 1.165) is 0 Å². The predicted molar refractivity (Wildman–Crippen MR) is 180 cm³/mol. The largest absolute Gasteiger partial charge is 4.00 e. The number of anilines is 3. The van der Waals surface area contributed by atoms with Crippen molar-refractivity contribution in [2.24, 2.45) is 0 Å². The van der Waals surface area contributed by atoms with E-state index < -0.39 is 8.07 Å². The zero-order chi connectivity index (χ0) is 29.7. The maximum atomic E-state index is 4.13. The summed E-state index contributed by atoms with van der Waals surface area (Å²) >= 11 is 0. The molecule has 0 N–H and O–H groups in total. The first-order valence-corrected chi connectivity index (χ1v) is 16.3. The van der Waals surface area contributed by atoms with Gasteiger partial charge in [-0.2, -0.15) is 11.1 Å². The van der Waals surface area contributed by atoms with E-state index in [-0.39, 0.29) is 64.0 Å². The van der Waals surface area contributed by atoms with E-state index in [9.17, 15) is 0 Å². The minimum Gasteiger partial charge on any atom is -1.00 e. The van der Waals surface area contributed by atoms with Crippen molar-refractivity contribution in [1.82, 2.24) is 0 Å². The van der Waals surface area contributed by atoms with Crippen LogP contribution in [-0.2, 0) is 21.7 Å². The van der Waals surface area contributed by atoms with Crippen molar-refractivity contribution in [2.45, 2.75) is 53.5 Å². The summed E-state index contributed by atoms with van der Waals surface area (Å²) in [6.07, 6.45) is 4.13. The molecule has 3 aromatic rings. The number of benzene rings is 3. The molecule has 1 aliphatic carbocycles. The number of allylic oxidation sites excluding steroid dienone is 4. The van der Waals surface area contributed by atoms with Gasteiger partial charge in [-0.15, -0.1) is 6.92 Å². The zero-order valence-corrected chi connectivity index (χ0v) is 33.5. The Labute approximate surface area is 302 Å². The molecule has 1 aliphatic rings. The molecule has 0 amide bonds. The molecule has 0 heterocycles. The van der Waals surface area contributed by atoms with Crippen molar-refractivity contribution in [1.29, 1.82) is 0 Å². The zero-order valence-electron chi connectivity index (χ0n) is 28.7. The third kappa shape index (κ3) is 7.32. The molecular weight excluding hydrogens is 657 g/mol. The van der Waals surface area contributed by atoms with Gasteiger partial charge in [0.25, 0.3) is 0 Å². The SMILES string of the molecule is CC1=[C-]C(C)([Si](c2cc(C)cc(N(C)C)c2)(c2cc(C)cc(N(C)C)c2)c2cc(C)cc(N(C)C)c2)C(C)=C1C.[Cl-].[Cl-].[Cl-].[Ti+4]. The Bertz CT molecular complexity index is 1390. The van der Waals surface area contributed by atoms with Crippen molar-refractivity contribution in [3.8, 4) is 0 Å². The number of nitrogens with zero attached hydrogens (tertiary/aromatic N) is 3. The second-order valence-electron chi connectivity index (χ2n) is 12.7. The van der Waals surface area contributed by atoms with Crippen LogP contribution >= 0.6 is 0 Å². The first-order valence-electron chi connectivity index (χ1n) is 14.3. The monoisotopic (exact) mass is 703 g/mol. The third-order valence-electron chi connectivity index (χ3n) is 9.10. The van der Waals surface area contributed by atoms with E-state index >= 15 is 0 Å². The Hall–Kier alpha value is -1.66. The number of halogens is 3. The van der Waals surface area contributed by atoms with Gasteiger partial charge in [0.15, 0.2) is 0 Å². The molecule has 0 saturated heterocycles. The van der Waals surface area contributed by atoms with E-state index in [1.165, 1.54) is 66.0 Å². The van der Waals surface area contributed by atoms with Gasteiger partial charge < -0.3 is 51.9 Å². The minimum absolute atomic E-state index is 0. The predicted octanol–water partition coefficient (Wildman–Crippen LogP) is -2.85. The standard InChI is InChI=1S/C36H48N3Si.3ClH.Ti/c1-24-14-30(37(8)9)20-33(17-24)40(36(7)23-27(4)28(5)29(36)6,34-18-25(2)15-31(21-34)38(10)11)35-19-26(3)16-32(22-35)39(12)13;;;;/h14-22H,1-13H3;3*1H;/q-1;;;;+4/p-3. The van der Waals surface area contributed by atoms with Crippen LogP contribution in [0.3, 0.4) is 0 Å². The molecule has 1 atom stereocenters. The fourth-order valence-electron chi connectivity index (χ4n) is 6.67. The van der Waals surface area contributed by atoms with Crippen LogP contribution in [-0.4, -0.2) is 50.4 Å². The number of hydrogen-bond donors (Lipinski definition) is 0. The fourth-order valence-corrected chi connectivity index (χ4v) is 13.0. The second-order valence-corrected chi connectivity index (χ2v) is 17.0. The molecule has 3 nitrogen and oxygen atoms in total. The van der Waals surface area contributed by atoms with Gasteiger partial charge in [0.05, 0.1) is 0 Å². The van der Waals surface area contributed by atoms with Gasteiger partial charge in [0, 0.05) is 59.3 Å². The van der Waals surface area contributed by atoms with Crippen molar-refractivity contribution in [2.75, 3.05) is 57.0 Å². The van der Waals surface area contributed by atoms with Crippen LogP contribution in [0.2, 0.25) is 5.04 Å². The van der Waals surface area contributed by atoms with Crippen molar-refractivity contribution < 1.29 is 58.9 Å². The maximum Gasteiger partial charge on any atom is 4.00 e. The molecule has 0 radical (unpaired) electrons. The normalized spacial score (nSPS) is 15.7. The van der Waals surface area contributed by atoms with E-state index in [2.05, 4.69) is 166 Å². The number of rotatable bonds is 7. The van der Waals surface area contributed by atoms with Crippen LogP contribution in [0.4, 0.5) is 17.1 Å². The average Bonchev–Trinajstić information content (AvgIpc) is 3.06. The summed E-state index contributed by atoms with van der Waals surface area (Å²) in [4.78, 5) is 6.73. The summed E-state index contributed by atoms with van der Waals surface area (Å²) in [6.45, 7) is 16.1. The second kappa shape index (κ2) is 15.8. The Morgan fingerprint density at radius 1 is 0.523 bits per heavy atom. The molecule has 3 aromatic carbocycles. The van der Waals surface area contributed by atoms with Crippen LogP contribution in [0.25, 0.3) is 0 Å². The summed E-state index contributed by atoms with van der Waals surface area (Å²) in [5.41, 5.74) is 11.7. The number of aryl methyl sites for hydroxylation is 3. The van der Waals surface area contributed by atoms with Crippen LogP contribution in [0, 0.1) is 26.8 Å². The van der Waals surface area contributed by atoms with Gasteiger partial charge in [0.2, 0.25) is 0 Å². The molecule has 0 bridgehead atoms. The molecule has 0 spiro atoms. The van der Waals surface area contributed by atoms with E-state index in [4.69, 9.17) is 0 Å². The van der Waals surface area contributed by atoms with Gasteiger partial charge in [-0.25, -0.2) is 5.57 Å². The smallest absolute Gasteiger partial charge is 1.00 e. The molecule has 4 rings (SSSR count). The molecule has 44 heavy (non-hydrogen) atoms. The molecular formula is C36H48Cl3N3SiTi. The molecule has 0 aliphatic heterocycles. The van der Waals surface area contributed by atoms with Gasteiger partial charge in [0.1, 0.15) is 8.07 Å². The third-order valence-corrected chi connectivity index (χ3v) is 14.6. The molecule has 0 fully saturated rings. The van der Waals surface area contributed by atoms with Crippen molar-refractivity contribution >= 4 is 40.7 Å². The molecule has 0 aromatic heterocycles. The first kappa shape index (κ1) is 42.3. The fraction of sp³-hybridized carbons (Fsp3) is 0.389. The van der Waals surface area contributed by atoms with E-state index in [0.29, 0.717) is 0 Å². The summed E-state index contributed by atoms with van der Waals surface area (Å²) in [5, 5.41) is 4.00. The molecule has 8 heteroatoms. The van der Waals surface area contributed by atoms with Crippen LogP contribution in [0.1, 0.15) is 44.4 Å². The Kier molecular flexibility index (Phi) is 15.2. The topological polar surface area (TPSA) is 9.72 Å². The Morgan fingerprint density at radius 3 is 1.05 bits per heavy atom. The Balaban J connectivity index is 0.00000462. The van der Waals surface area contributed by atoms with Crippen LogP contribution in [0.15, 0.2) is 71.3 Å².